The molecule has 0 bridgehead atoms. The minimum Gasteiger partial charge on any atom is -0.338 e. The molecule has 0 spiro atoms. The Morgan fingerprint density at radius 3 is 2.78 bits per heavy atom. The number of hydrogen-bond donors (Lipinski definition) is 1. The summed E-state index contributed by atoms with van der Waals surface area (Å²) < 4.78 is 26.4. The van der Waals surface area contributed by atoms with Crippen LogP contribution in [0.15, 0.2) is 34.2 Å². The van der Waals surface area contributed by atoms with Crippen LogP contribution in [0.5, 0.6) is 0 Å². The van der Waals surface area contributed by atoms with E-state index >= 15 is 0 Å². The first kappa shape index (κ1) is 16.0. The number of nitrogens with zero attached hydrogens (tertiary/aromatic N) is 2. The second kappa shape index (κ2) is 5.63. The normalized spacial score (nSPS) is 22.9. The maximum Gasteiger partial charge on any atom is 0.263 e. The van der Waals surface area contributed by atoms with E-state index in [1.165, 1.54) is 0 Å². The van der Waals surface area contributed by atoms with Crippen LogP contribution in [-0.2, 0) is 14.8 Å². The van der Waals surface area contributed by atoms with E-state index in [1.807, 2.05) is 4.90 Å². The van der Waals surface area contributed by atoms with Crippen LogP contribution in [0.1, 0.15) is 38.7 Å². The van der Waals surface area contributed by atoms with Crippen molar-refractivity contribution >= 4 is 21.8 Å². The van der Waals surface area contributed by atoms with Crippen molar-refractivity contribution in [3.8, 4) is 0 Å². The molecule has 0 saturated carbocycles. The second-order valence-electron chi connectivity index (χ2n) is 6.54. The summed E-state index contributed by atoms with van der Waals surface area (Å²) in [5, 5.41) is 0. The van der Waals surface area contributed by atoms with Gasteiger partial charge in [0.2, 0.25) is 5.91 Å². The number of nitrogens with one attached hydrogen (secondary N) is 1. The maximum absolute atomic E-state index is 12.3. The Morgan fingerprint density at radius 2 is 2.09 bits per heavy atom. The van der Waals surface area contributed by atoms with E-state index in [0.717, 1.165) is 19.4 Å². The van der Waals surface area contributed by atoms with Gasteiger partial charge in [-0.15, -0.1) is 0 Å². The Balaban J connectivity index is 1.69. The van der Waals surface area contributed by atoms with E-state index in [0.29, 0.717) is 11.4 Å². The molecule has 1 saturated heterocycles. The summed E-state index contributed by atoms with van der Waals surface area (Å²) in [5.41, 5.74) is 0.479. The highest BCUT2D eigenvalue weighted by atomic mass is 32.2. The highest BCUT2D eigenvalue weighted by molar-refractivity contribution is 7.90. The SMILES string of the molecule is CC1(C)CCCN1C(=O)CCN=C1NS(=O)(=O)c2ccccc21. The molecule has 0 atom stereocenters. The largest absolute Gasteiger partial charge is 0.338 e. The molecule has 1 aromatic carbocycles. The van der Waals surface area contributed by atoms with Crippen molar-refractivity contribution < 1.29 is 13.2 Å². The van der Waals surface area contributed by atoms with Gasteiger partial charge in [0.15, 0.2) is 0 Å². The van der Waals surface area contributed by atoms with Crippen molar-refractivity contribution in [2.75, 3.05) is 13.1 Å². The summed E-state index contributed by atoms with van der Waals surface area (Å²) in [7, 11) is -3.52. The first-order chi connectivity index (χ1) is 10.8. The predicted molar refractivity (Wildman–Crippen MR) is 87.8 cm³/mol. The van der Waals surface area contributed by atoms with Crippen LogP contribution in [0.3, 0.4) is 0 Å². The Hall–Kier alpha value is -1.89. The molecule has 124 valence electrons. The Morgan fingerprint density at radius 1 is 1.35 bits per heavy atom. The van der Waals surface area contributed by atoms with Crippen LogP contribution in [0.2, 0.25) is 0 Å². The van der Waals surface area contributed by atoms with Crippen LogP contribution in [-0.4, -0.2) is 43.7 Å². The van der Waals surface area contributed by atoms with Crippen molar-refractivity contribution in [3.05, 3.63) is 29.8 Å². The lowest BCUT2D eigenvalue weighted by Gasteiger charge is -2.31. The zero-order valence-electron chi connectivity index (χ0n) is 13.4. The summed E-state index contributed by atoms with van der Waals surface area (Å²) >= 11 is 0. The number of rotatable bonds is 3. The monoisotopic (exact) mass is 335 g/mol. The Bertz CT molecular complexity index is 769. The molecule has 0 unspecified atom stereocenters. The third-order valence-corrected chi connectivity index (χ3v) is 5.86. The molecule has 1 fully saturated rings. The smallest absolute Gasteiger partial charge is 0.263 e. The van der Waals surface area contributed by atoms with Gasteiger partial charge in [-0.1, -0.05) is 12.1 Å². The molecule has 2 heterocycles. The van der Waals surface area contributed by atoms with Crippen LogP contribution < -0.4 is 4.72 Å². The highest BCUT2D eigenvalue weighted by Gasteiger charge is 2.35. The van der Waals surface area contributed by atoms with E-state index in [1.54, 1.807) is 24.3 Å². The number of amides is 1. The van der Waals surface area contributed by atoms with Crippen molar-refractivity contribution in [2.45, 2.75) is 43.5 Å². The van der Waals surface area contributed by atoms with Crippen molar-refractivity contribution in [1.82, 2.24) is 9.62 Å². The zero-order valence-corrected chi connectivity index (χ0v) is 14.2. The molecule has 2 aliphatic rings. The third kappa shape index (κ3) is 2.97. The number of sulfonamides is 1. The topological polar surface area (TPSA) is 78.8 Å². The molecule has 0 radical (unpaired) electrons. The van der Waals surface area contributed by atoms with Gasteiger partial charge in [0.05, 0.1) is 11.4 Å². The third-order valence-electron chi connectivity index (χ3n) is 4.46. The van der Waals surface area contributed by atoms with Gasteiger partial charge in [-0.25, -0.2) is 8.42 Å². The van der Waals surface area contributed by atoms with Crippen LogP contribution in [0.25, 0.3) is 0 Å². The van der Waals surface area contributed by atoms with Gasteiger partial charge in [0, 0.05) is 24.1 Å². The summed E-state index contributed by atoms with van der Waals surface area (Å²) in [5.74, 6) is 0.403. The molecule has 23 heavy (non-hydrogen) atoms. The van der Waals surface area contributed by atoms with Gasteiger partial charge in [-0.2, -0.15) is 0 Å². The standard InChI is InChI=1S/C16H21N3O3S/c1-16(2)9-5-11-19(16)14(20)8-10-17-15-12-6-3-4-7-13(12)23(21,22)18-15/h3-4,6-7H,5,8-11H2,1-2H3,(H,17,18). The number of carbonyl (C=O) groups excluding carboxylic acids is 1. The number of carbonyl (C=O) groups is 1. The molecule has 3 rings (SSSR count). The molecular weight excluding hydrogens is 314 g/mol. The number of fused-ring (bicyclic) bond motifs is 1. The Labute approximate surface area is 136 Å². The quantitative estimate of drug-likeness (QED) is 0.909. The molecule has 2 aliphatic heterocycles. The summed E-state index contributed by atoms with van der Waals surface area (Å²) in [4.78, 5) is 18.8. The molecule has 6 nitrogen and oxygen atoms in total. The first-order valence-electron chi connectivity index (χ1n) is 7.78. The highest BCUT2D eigenvalue weighted by Crippen LogP contribution is 2.28. The van der Waals surface area contributed by atoms with Gasteiger partial charge in [-0.05, 0) is 38.8 Å². The van der Waals surface area contributed by atoms with Gasteiger partial charge in [-0.3, -0.25) is 14.5 Å². The lowest BCUT2D eigenvalue weighted by Crippen LogP contribution is -2.42. The number of hydrogen-bond acceptors (Lipinski definition) is 4. The van der Waals surface area contributed by atoms with E-state index in [4.69, 9.17) is 0 Å². The summed E-state index contributed by atoms with van der Waals surface area (Å²) in [6.45, 7) is 5.21. The minimum atomic E-state index is -3.52. The molecular formula is C16H21N3O3S. The number of amidine groups is 1. The summed E-state index contributed by atoms with van der Waals surface area (Å²) in [6, 6.07) is 6.73. The van der Waals surface area contributed by atoms with Gasteiger partial charge >= 0.3 is 0 Å². The molecule has 0 aromatic heterocycles. The minimum absolute atomic E-state index is 0.0750. The molecule has 1 aromatic rings. The molecule has 7 heteroatoms. The molecule has 1 amide bonds. The van der Waals surface area contributed by atoms with Gasteiger partial charge < -0.3 is 4.90 Å². The average Bonchev–Trinajstić information content (AvgIpc) is 2.97. The van der Waals surface area contributed by atoms with E-state index in [-0.39, 0.29) is 29.3 Å². The lowest BCUT2D eigenvalue weighted by atomic mass is 10.0. The van der Waals surface area contributed by atoms with E-state index in [2.05, 4.69) is 23.6 Å². The maximum atomic E-state index is 12.3. The van der Waals surface area contributed by atoms with Crippen molar-refractivity contribution in [3.63, 3.8) is 0 Å². The fourth-order valence-corrected chi connectivity index (χ4v) is 4.47. The van der Waals surface area contributed by atoms with Gasteiger partial charge in [0.25, 0.3) is 10.0 Å². The zero-order chi connectivity index (χ0) is 16.7. The van der Waals surface area contributed by atoms with Crippen molar-refractivity contribution in [1.29, 1.82) is 0 Å². The number of aliphatic imine (C=N–C) groups is 1. The average molecular weight is 335 g/mol. The molecule has 1 N–H and O–H groups in total. The fourth-order valence-electron chi connectivity index (χ4n) is 3.22. The number of likely N-dealkylation sites (tertiary alicyclic amines) is 1. The van der Waals surface area contributed by atoms with Crippen LogP contribution in [0, 0.1) is 0 Å². The fraction of sp³-hybridized carbons (Fsp3) is 0.500. The van der Waals surface area contributed by atoms with E-state index < -0.39 is 10.0 Å². The first-order valence-corrected chi connectivity index (χ1v) is 9.27. The van der Waals surface area contributed by atoms with Gasteiger partial charge in [0.1, 0.15) is 5.84 Å². The van der Waals surface area contributed by atoms with Crippen molar-refractivity contribution in [2.24, 2.45) is 4.99 Å². The van der Waals surface area contributed by atoms with Crippen LogP contribution in [0.4, 0.5) is 0 Å². The van der Waals surface area contributed by atoms with E-state index in [9.17, 15) is 13.2 Å². The van der Waals surface area contributed by atoms with Crippen LogP contribution >= 0.6 is 0 Å². The summed E-state index contributed by atoms with van der Waals surface area (Å²) in [6.07, 6.45) is 2.33. The predicted octanol–water partition coefficient (Wildman–Crippen LogP) is 1.52. The molecule has 0 aliphatic carbocycles. The Kier molecular flexibility index (Phi) is 3.91. The second-order valence-corrected chi connectivity index (χ2v) is 8.19. The lowest BCUT2D eigenvalue weighted by molar-refractivity contribution is -0.134. The number of benzene rings is 1.